The van der Waals surface area contributed by atoms with Crippen molar-refractivity contribution in [3.63, 3.8) is 0 Å². The Bertz CT molecular complexity index is 542. The standard InChI is InChI=1S/C18H26N2S/c1-2-10-19-18-8-4-3-6-15-13-20(14-17(15)18)11-9-16-7-5-12-21-16/h5,7,12-14,18-19H,2-4,6,8-11H2,1H3. The lowest BCUT2D eigenvalue weighted by atomic mass is 10.0. The first-order valence-corrected chi connectivity index (χ1v) is 9.19. The predicted molar refractivity (Wildman–Crippen MR) is 91.0 cm³/mol. The Hall–Kier alpha value is -1.06. The Morgan fingerprint density at radius 1 is 1.33 bits per heavy atom. The minimum atomic E-state index is 0.574. The molecular formula is C18H26N2S. The molecule has 0 bridgehead atoms. The van der Waals surface area contributed by atoms with E-state index in [1.165, 1.54) is 37.0 Å². The van der Waals surface area contributed by atoms with Gasteiger partial charge in [-0.3, -0.25) is 0 Å². The van der Waals surface area contributed by atoms with Crippen molar-refractivity contribution < 1.29 is 0 Å². The van der Waals surface area contributed by atoms with Crippen molar-refractivity contribution in [2.75, 3.05) is 6.54 Å². The molecule has 3 heteroatoms. The molecule has 0 aromatic carbocycles. The van der Waals surface area contributed by atoms with Crippen molar-refractivity contribution in [3.8, 4) is 0 Å². The van der Waals surface area contributed by atoms with Crippen LogP contribution in [0.2, 0.25) is 0 Å². The van der Waals surface area contributed by atoms with Gasteiger partial charge in [0.15, 0.2) is 0 Å². The van der Waals surface area contributed by atoms with Gasteiger partial charge in [-0.15, -0.1) is 11.3 Å². The lowest BCUT2D eigenvalue weighted by molar-refractivity contribution is 0.487. The first-order chi connectivity index (χ1) is 10.4. The second-order valence-electron chi connectivity index (χ2n) is 6.06. The molecule has 2 aromatic rings. The Balaban J connectivity index is 1.70. The van der Waals surface area contributed by atoms with Gasteiger partial charge in [0.05, 0.1) is 0 Å². The minimum Gasteiger partial charge on any atom is -0.353 e. The quantitative estimate of drug-likeness (QED) is 0.774. The van der Waals surface area contributed by atoms with Gasteiger partial charge in [-0.1, -0.05) is 19.4 Å². The maximum absolute atomic E-state index is 3.74. The van der Waals surface area contributed by atoms with E-state index in [4.69, 9.17) is 0 Å². The van der Waals surface area contributed by atoms with Crippen molar-refractivity contribution in [3.05, 3.63) is 45.9 Å². The molecule has 2 aromatic heterocycles. The molecule has 1 N–H and O–H groups in total. The van der Waals surface area contributed by atoms with Gasteiger partial charge < -0.3 is 9.88 Å². The van der Waals surface area contributed by atoms with Crippen LogP contribution in [0.1, 0.15) is 54.7 Å². The molecule has 0 saturated heterocycles. The molecule has 1 aliphatic rings. The highest BCUT2D eigenvalue weighted by molar-refractivity contribution is 7.09. The number of aryl methyl sites for hydroxylation is 3. The van der Waals surface area contributed by atoms with Gasteiger partial charge in [-0.25, -0.2) is 0 Å². The number of hydrogen-bond donors (Lipinski definition) is 1. The number of hydrogen-bond acceptors (Lipinski definition) is 2. The van der Waals surface area contributed by atoms with E-state index < -0.39 is 0 Å². The molecular weight excluding hydrogens is 276 g/mol. The minimum absolute atomic E-state index is 0.574. The summed E-state index contributed by atoms with van der Waals surface area (Å²) in [7, 11) is 0. The van der Waals surface area contributed by atoms with Gasteiger partial charge in [0.25, 0.3) is 0 Å². The van der Waals surface area contributed by atoms with E-state index >= 15 is 0 Å². The molecule has 2 nitrogen and oxygen atoms in total. The van der Waals surface area contributed by atoms with Gasteiger partial charge in [-0.05, 0) is 61.2 Å². The smallest absolute Gasteiger partial charge is 0.0338 e. The third-order valence-electron chi connectivity index (χ3n) is 4.40. The van der Waals surface area contributed by atoms with Crippen LogP contribution < -0.4 is 5.32 Å². The maximum Gasteiger partial charge on any atom is 0.0338 e. The zero-order valence-corrected chi connectivity index (χ0v) is 13.8. The van der Waals surface area contributed by atoms with Crippen LogP contribution in [0.15, 0.2) is 29.9 Å². The van der Waals surface area contributed by atoms with Gasteiger partial charge >= 0.3 is 0 Å². The summed E-state index contributed by atoms with van der Waals surface area (Å²) in [6.07, 6.45) is 12.4. The molecule has 2 heterocycles. The Kier molecular flexibility index (Phi) is 5.15. The largest absolute Gasteiger partial charge is 0.353 e. The summed E-state index contributed by atoms with van der Waals surface area (Å²) in [5, 5.41) is 5.91. The van der Waals surface area contributed by atoms with Crippen molar-refractivity contribution in [2.45, 2.75) is 58.0 Å². The first-order valence-electron chi connectivity index (χ1n) is 8.31. The van der Waals surface area contributed by atoms with Crippen molar-refractivity contribution in [2.24, 2.45) is 0 Å². The van der Waals surface area contributed by atoms with E-state index in [9.17, 15) is 0 Å². The van der Waals surface area contributed by atoms with Gasteiger partial charge in [0.2, 0.25) is 0 Å². The molecule has 0 saturated carbocycles. The molecule has 0 fully saturated rings. The topological polar surface area (TPSA) is 17.0 Å². The number of thiophene rings is 1. The summed E-state index contributed by atoms with van der Waals surface area (Å²) in [6.45, 7) is 4.48. The molecule has 0 radical (unpaired) electrons. The molecule has 1 atom stereocenters. The highest BCUT2D eigenvalue weighted by atomic mass is 32.1. The lowest BCUT2D eigenvalue weighted by Crippen LogP contribution is -2.21. The van der Waals surface area contributed by atoms with Crippen LogP contribution in [-0.2, 0) is 19.4 Å². The lowest BCUT2D eigenvalue weighted by Gasteiger charge is -2.16. The van der Waals surface area contributed by atoms with Gasteiger partial charge in [0, 0.05) is 29.9 Å². The fourth-order valence-corrected chi connectivity index (χ4v) is 3.97. The monoisotopic (exact) mass is 302 g/mol. The zero-order valence-electron chi connectivity index (χ0n) is 13.0. The number of nitrogens with zero attached hydrogens (tertiary/aromatic N) is 1. The summed E-state index contributed by atoms with van der Waals surface area (Å²) in [5.74, 6) is 0. The van der Waals surface area contributed by atoms with Gasteiger partial charge in [-0.2, -0.15) is 0 Å². The molecule has 21 heavy (non-hydrogen) atoms. The van der Waals surface area contributed by atoms with Crippen LogP contribution in [0, 0.1) is 0 Å². The Morgan fingerprint density at radius 3 is 3.10 bits per heavy atom. The molecule has 114 valence electrons. The van der Waals surface area contributed by atoms with Crippen molar-refractivity contribution in [1.29, 1.82) is 0 Å². The van der Waals surface area contributed by atoms with E-state index in [0.29, 0.717) is 6.04 Å². The van der Waals surface area contributed by atoms with E-state index in [2.05, 4.69) is 46.7 Å². The van der Waals surface area contributed by atoms with Crippen LogP contribution in [0.3, 0.4) is 0 Å². The van der Waals surface area contributed by atoms with E-state index in [0.717, 1.165) is 19.5 Å². The molecule has 1 unspecified atom stereocenters. The normalized spacial score (nSPS) is 18.4. The molecule has 0 spiro atoms. The van der Waals surface area contributed by atoms with Crippen molar-refractivity contribution in [1.82, 2.24) is 9.88 Å². The van der Waals surface area contributed by atoms with Crippen LogP contribution >= 0.6 is 11.3 Å². The summed E-state index contributed by atoms with van der Waals surface area (Å²) >= 11 is 1.87. The summed E-state index contributed by atoms with van der Waals surface area (Å²) in [5.41, 5.74) is 3.14. The highest BCUT2D eigenvalue weighted by Crippen LogP contribution is 2.29. The first kappa shape index (κ1) is 14.9. The Morgan fingerprint density at radius 2 is 2.29 bits per heavy atom. The number of aromatic nitrogens is 1. The fraction of sp³-hybridized carbons (Fsp3) is 0.556. The van der Waals surface area contributed by atoms with Crippen LogP contribution in [0.25, 0.3) is 0 Å². The third kappa shape index (κ3) is 3.78. The highest BCUT2D eigenvalue weighted by Gasteiger charge is 2.19. The second-order valence-corrected chi connectivity index (χ2v) is 7.09. The third-order valence-corrected chi connectivity index (χ3v) is 5.34. The maximum atomic E-state index is 3.74. The molecule has 1 aliphatic carbocycles. The Labute approximate surface area is 132 Å². The number of fused-ring (bicyclic) bond motifs is 1. The van der Waals surface area contributed by atoms with E-state index in [1.807, 2.05) is 11.3 Å². The van der Waals surface area contributed by atoms with Gasteiger partial charge in [0.1, 0.15) is 0 Å². The SMILES string of the molecule is CCCNC1CCCCc2cn(CCc3cccs3)cc21. The van der Waals surface area contributed by atoms with Crippen molar-refractivity contribution >= 4 is 11.3 Å². The summed E-state index contributed by atoms with van der Waals surface area (Å²) in [4.78, 5) is 1.49. The predicted octanol–water partition coefficient (Wildman–Crippen LogP) is 4.56. The zero-order chi connectivity index (χ0) is 14.5. The second kappa shape index (κ2) is 7.28. The van der Waals surface area contributed by atoms with Crippen LogP contribution in [0.4, 0.5) is 0 Å². The fourth-order valence-electron chi connectivity index (χ4n) is 3.27. The summed E-state index contributed by atoms with van der Waals surface area (Å²) < 4.78 is 2.41. The average molecular weight is 302 g/mol. The summed E-state index contributed by atoms with van der Waals surface area (Å²) in [6, 6.07) is 4.96. The van der Waals surface area contributed by atoms with Crippen LogP contribution in [-0.4, -0.2) is 11.1 Å². The molecule has 3 rings (SSSR count). The van der Waals surface area contributed by atoms with E-state index in [1.54, 1.807) is 11.1 Å². The van der Waals surface area contributed by atoms with E-state index in [-0.39, 0.29) is 0 Å². The molecule has 0 aliphatic heterocycles. The number of rotatable bonds is 6. The molecule has 0 amide bonds. The van der Waals surface area contributed by atoms with Crippen LogP contribution in [0.5, 0.6) is 0 Å². The number of nitrogens with one attached hydrogen (secondary N) is 1. The average Bonchev–Trinajstić information content (AvgIpc) is 3.11.